The smallest absolute Gasteiger partial charge is 0.270 e. The van der Waals surface area contributed by atoms with Gasteiger partial charge in [0, 0.05) is 47.4 Å². The van der Waals surface area contributed by atoms with Crippen LogP contribution in [0.25, 0.3) is 22.2 Å². The number of benzene rings is 3. The molecule has 208 valence electrons. The number of aromatic amines is 1. The zero-order valence-corrected chi connectivity index (χ0v) is 23.0. The number of non-ortho nitro benzene ring substituents is 1. The molecule has 1 fully saturated rings. The number of imidazole rings is 1. The van der Waals surface area contributed by atoms with Crippen molar-refractivity contribution in [1.82, 2.24) is 19.4 Å². The van der Waals surface area contributed by atoms with E-state index in [9.17, 15) is 15.2 Å². The minimum absolute atomic E-state index is 0.0508. The second kappa shape index (κ2) is 11.4. The highest BCUT2D eigenvalue weighted by Crippen LogP contribution is 2.34. The summed E-state index contributed by atoms with van der Waals surface area (Å²) in [6.45, 7) is 3.52. The van der Waals surface area contributed by atoms with E-state index in [4.69, 9.17) is 4.99 Å². The van der Waals surface area contributed by atoms with Gasteiger partial charge >= 0.3 is 0 Å². The van der Waals surface area contributed by atoms with E-state index in [2.05, 4.69) is 27.0 Å². The van der Waals surface area contributed by atoms with Crippen molar-refractivity contribution in [3.63, 3.8) is 0 Å². The van der Waals surface area contributed by atoms with Crippen molar-refractivity contribution < 1.29 is 10.0 Å². The van der Waals surface area contributed by atoms with Gasteiger partial charge in [0.15, 0.2) is 5.88 Å². The Labute approximate surface area is 238 Å². The van der Waals surface area contributed by atoms with Crippen molar-refractivity contribution in [3.8, 4) is 17.1 Å². The Balaban J connectivity index is 1.36. The molecule has 6 rings (SSSR count). The van der Waals surface area contributed by atoms with Gasteiger partial charge in [-0.3, -0.25) is 10.1 Å². The summed E-state index contributed by atoms with van der Waals surface area (Å²) in [5.74, 6) is -0.0842. The Morgan fingerprint density at radius 2 is 1.83 bits per heavy atom. The maximum atomic E-state index is 11.5. The summed E-state index contributed by atoms with van der Waals surface area (Å²) >= 11 is 0. The molecular formula is C32H32N6O3. The Bertz CT molecular complexity index is 1710. The molecule has 2 N–H and O–H groups in total. The van der Waals surface area contributed by atoms with Gasteiger partial charge in [0.25, 0.3) is 5.69 Å². The average Bonchev–Trinajstić information content (AvgIpc) is 3.72. The molecule has 1 aliphatic heterocycles. The Morgan fingerprint density at radius 1 is 1.07 bits per heavy atom. The van der Waals surface area contributed by atoms with E-state index >= 15 is 0 Å². The van der Waals surface area contributed by atoms with Gasteiger partial charge in [0.05, 0.1) is 33.9 Å². The number of H-pyrrole nitrogens is 1. The number of hydrogen-bond acceptors (Lipinski definition) is 6. The highest BCUT2D eigenvalue weighted by atomic mass is 16.6. The number of hydrogen-bond donors (Lipinski definition) is 2. The molecule has 0 radical (unpaired) electrons. The molecule has 9 nitrogen and oxygen atoms in total. The Kier molecular flexibility index (Phi) is 7.35. The van der Waals surface area contributed by atoms with Crippen molar-refractivity contribution >= 4 is 28.0 Å². The fraction of sp³-hybridized carbons (Fsp3) is 0.250. The monoisotopic (exact) mass is 548 g/mol. The first-order chi connectivity index (χ1) is 19.9. The van der Waals surface area contributed by atoms with Gasteiger partial charge in [-0.05, 0) is 69.1 Å². The van der Waals surface area contributed by atoms with E-state index < -0.39 is 4.92 Å². The molecule has 0 atom stereocenters. The molecule has 2 aromatic heterocycles. The highest BCUT2D eigenvalue weighted by molar-refractivity contribution is 6.22. The SMILES string of the molecule is Cn1cnc(-c2ccc(N=C(c3ccc(CCCN4CCCC4)cc3)c3c(O)[nH]c4ccc([N+](=O)[O-])cc34)cc2)c1. The maximum absolute atomic E-state index is 11.5. The third-order valence-electron chi connectivity index (χ3n) is 7.68. The topological polar surface area (TPSA) is 113 Å². The molecule has 1 saturated heterocycles. The van der Waals surface area contributed by atoms with Crippen LogP contribution in [0.2, 0.25) is 0 Å². The van der Waals surface area contributed by atoms with Gasteiger partial charge in [0.1, 0.15) is 0 Å². The van der Waals surface area contributed by atoms with Crippen LogP contribution < -0.4 is 0 Å². The molecule has 3 aromatic carbocycles. The van der Waals surface area contributed by atoms with Gasteiger partial charge in [0.2, 0.25) is 0 Å². The average molecular weight is 549 g/mol. The number of aryl methyl sites for hydroxylation is 2. The Morgan fingerprint density at radius 3 is 2.51 bits per heavy atom. The fourth-order valence-electron chi connectivity index (χ4n) is 5.52. The second-order valence-corrected chi connectivity index (χ2v) is 10.6. The molecule has 0 spiro atoms. The molecule has 0 saturated carbocycles. The van der Waals surface area contributed by atoms with Crippen molar-refractivity contribution in [2.24, 2.45) is 12.0 Å². The number of aromatic nitrogens is 3. The minimum atomic E-state index is -0.433. The molecule has 9 heteroatoms. The van der Waals surface area contributed by atoms with Crippen LogP contribution in [0.3, 0.4) is 0 Å². The fourth-order valence-corrected chi connectivity index (χ4v) is 5.52. The van der Waals surface area contributed by atoms with Crippen molar-refractivity contribution in [3.05, 3.63) is 106 Å². The summed E-state index contributed by atoms with van der Waals surface area (Å²) in [6, 6.07) is 20.5. The number of nitrogens with one attached hydrogen (secondary N) is 1. The Hall–Kier alpha value is -4.76. The molecule has 3 heterocycles. The van der Waals surface area contributed by atoms with E-state index in [0.29, 0.717) is 27.9 Å². The molecule has 0 aliphatic carbocycles. The third kappa shape index (κ3) is 5.76. The second-order valence-electron chi connectivity index (χ2n) is 10.6. The highest BCUT2D eigenvalue weighted by Gasteiger charge is 2.21. The van der Waals surface area contributed by atoms with Crippen LogP contribution in [0.4, 0.5) is 11.4 Å². The number of aromatic hydroxyl groups is 1. The lowest BCUT2D eigenvalue weighted by Gasteiger charge is -2.14. The normalized spacial score (nSPS) is 14.2. The van der Waals surface area contributed by atoms with Crippen LogP contribution >= 0.6 is 0 Å². The van der Waals surface area contributed by atoms with Crippen molar-refractivity contribution in [2.75, 3.05) is 19.6 Å². The summed E-state index contributed by atoms with van der Waals surface area (Å²) in [5, 5.41) is 23.1. The van der Waals surface area contributed by atoms with Crippen molar-refractivity contribution in [1.29, 1.82) is 0 Å². The predicted octanol–water partition coefficient (Wildman–Crippen LogP) is 6.38. The lowest BCUT2D eigenvalue weighted by molar-refractivity contribution is -0.384. The number of rotatable bonds is 9. The largest absolute Gasteiger partial charge is 0.494 e. The lowest BCUT2D eigenvalue weighted by Crippen LogP contribution is -2.20. The summed E-state index contributed by atoms with van der Waals surface area (Å²) in [7, 11) is 1.93. The quantitative estimate of drug-likeness (QED) is 0.126. The first-order valence-electron chi connectivity index (χ1n) is 13.9. The number of nitro groups is 1. The summed E-state index contributed by atoms with van der Waals surface area (Å²) < 4.78 is 1.90. The molecule has 0 bridgehead atoms. The van der Waals surface area contributed by atoms with E-state index in [1.807, 2.05) is 54.2 Å². The lowest BCUT2D eigenvalue weighted by atomic mass is 9.98. The zero-order chi connectivity index (χ0) is 28.3. The van der Waals surface area contributed by atoms with Crippen molar-refractivity contribution in [2.45, 2.75) is 25.7 Å². The van der Waals surface area contributed by atoms with Crippen LogP contribution in [0.1, 0.15) is 36.0 Å². The van der Waals surface area contributed by atoms with Crippen LogP contribution in [0.5, 0.6) is 5.88 Å². The number of likely N-dealkylation sites (tertiary alicyclic amines) is 1. The molecule has 0 amide bonds. The maximum Gasteiger partial charge on any atom is 0.270 e. The number of nitro benzene ring substituents is 1. The number of aliphatic imine (C=N–C) groups is 1. The summed E-state index contributed by atoms with van der Waals surface area (Å²) in [5.41, 5.74) is 6.08. The number of fused-ring (bicyclic) bond motifs is 1. The van der Waals surface area contributed by atoms with E-state index in [1.54, 1.807) is 12.4 Å². The molecule has 1 aliphatic rings. The zero-order valence-electron chi connectivity index (χ0n) is 23.0. The van der Waals surface area contributed by atoms with Gasteiger partial charge in [-0.2, -0.15) is 0 Å². The molecule has 41 heavy (non-hydrogen) atoms. The standard InChI is InChI=1S/C32H32N6O3/c1-36-20-29(33-21-36)23-10-12-25(13-11-23)34-31(30-27-19-26(38(40)41)14-15-28(27)35-32(30)39)24-8-6-22(7-9-24)5-4-18-37-16-2-3-17-37/h6-15,19-21,35,39H,2-5,16-18H2,1H3. The van der Waals surface area contributed by atoms with E-state index in [0.717, 1.165) is 36.2 Å². The van der Waals surface area contributed by atoms with Gasteiger partial charge in [-0.15, -0.1) is 0 Å². The van der Waals surface area contributed by atoms with Crippen LogP contribution in [0, 0.1) is 10.1 Å². The van der Waals surface area contributed by atoms with Gasteiger partial charge in [-0.1, -0.05) is 36.4 Å². The summed E-state index contributed by atoms with van der Waals surface area (Å²) in [4.78, 5) is 26.0. The number of nitrogens with zero attached hydrogens (tertiary/aromatic N) is 5. The predicted molar refractivity (Wildman–Crippen MR) is 161 cm³/mol. The minimum Gasteiger partial charge on any atom is -0.494 e. The van der Waals surface area contributed by atoms with Gasteiger partial charge < -0.3 is 19.6 Å². The molecule has 0 unspecified atom stereocenters. The van der Waals surface area contributed by atoms with Crippen LogP contribution in [-0.4, -0.2) is 54.8 Å². The van der Waals surface area contributed by atoms with Crippen LogP contribution in [-0.2, 0) is 13.5 Å². The van der Waals surface area contributed by atoms with Crippen LogP contribution in [0.15, 0.2) is 84.2 Å². The van der Waals surface area contributed by atoms with E-state index in [1.165, 1.54) is 43.6 Å². The van der Waals surface area contributed by atoms with Gasteiger partial charge in [-0.25, -0.2) is 9.98 Å². The molecular weight excluding hydrogens is 516 g/mol. The van der Waals surface area contributed by atoms with E-state index in [-0.39, 0.29) is 11.6 Å². The summed E-state index contributed by atoms with van der Waals surface area (Å²) in [6.07, 6.45) is 8.40. The third-order valence-corrected chi connectivity index (χ3v) is 7.68. The molecule has 5 aromatic rings. The first-order valence-corrected chi connectivity index (χ1v) is 13.9. The first kappa shape index (κ1) is 26.5.